The Morgan fingerprint density at radius 2 is 2.31 bits per heavy atom. The van der Waals surface area contributed by atoms with E-state index >= 15 is 0 Å². The Morgan fingerprint density at radius 3 is 2.81 bits per heavy atom. The molecule has 1 N–H and O–H groups in total. The largest absolute Gasteiger partial charge is 0.313 e. The minimum absolute atomic E-state index is 0.545. The molecule has 0 aromatic carbocycles. The van der Waals surface area contributed by atoms with Gasteiger partial charge < -0.3 is 5.32 Å². The fourth-order valence-electron chi connectivity index (χ4n) is 2.61. The van der Waals surface area contributed by atoms with E-state index in [9.17, 15) is 0 Å². The van der Waals surface area contributed by atoms with Crippen LogP contribution in [0.3, 0.4) is 0 Å². The Bertz CT molecular complexity index is 364. The molecule has 1 aromatic heterocycles. The van der Waals surface area contributed by atoms with Gasteiger partial charge in [-0.1, -0.05) is 6.42 Å². The Labute approximate surface area is 101 Å². The third kappa shape index (κ3) is 2.30. The van der Waals surface area contributed by atoms with Gasteiger partial charge in [-0.25, -0.2) is 4.98 Å². The summed E-state index contributed by atoms with van der Waals surface area (Å²) in [5.41, 5.74) is 1.86. The van der Waals surface area contributed by atoms with Crippen LogP contribution in [0.5, 0.6) is 0 Å². The van der Waals surface area contributed by atoms with Crippen molar-refractivity contribution in [3.8, 4) is 0 Å². The van der Waals surface area contributed by atoms with Gasteiger partial charge in [-0.15, -0.1) is 11.3 Å². The normalized spacial score (nSPS) is 23.1. The fourth-order valence-corrected chi connectivity index (χ4v) is 3.23. The monoisotopic (exact) mass is 236 g/mol. The molecular formula is C13H20N2S. The summed E-state index contributed by atoms with van der Waals surface area (Å²) in [5.74, 6) is 0. The van der Waals surface area contributed by atoms with E-state index in [1.807, 2.05) is 0 Å². The highest BCUT2D eigenvalue weighted by Crippen LogP contribution is 2.43. The first-order valence-corrected chi connectivity index (χ1v) is 7.28. The van der Waals surface area contributed by atoms with Crippen molar-refractivity contribution in [1.82, 2.24) is 10.3 Å². The number of hydrogen-bond acceptors (Lipinski definition) is 3. The van der Waals surface area contributed by atoms with E-state index in [0.717, 1.165) is 6.04 Å². The Hall–Kier alpha value is -0.410. The van der Waals surface area contributed by atoms with E-state index in [1.54, 1.807) is 11.3 Å². The molecule has 0 unspecified atom stereocenters. The zero-order valence-electron chi connectivity index (χ0n) is 9.96. The molecule has 2 aliphatic carbocycles. The van der Waals surface area contributed by atoms with Gasteiger partial charge in [-0.05, 0) is 44.4 Å². The number of aromatic nitrogens is 1. The van der Waals surface area contributed by atoms with Gasteiger partial charge in [-0.2, -0.15) is 0 Å². The van der Waals surface area contributed by atoms with Crippen molar-refractivity contribution in [2.24, 2.45) is 5.41 Å². The molecule has 88 valence electrons. The molecule has 0 radical (unpaired) electrons. The molecule has 0 aliphatic heterocycles. The van der Waals surface area contributed by atoms with E-state index in [1.165, 1.54) is 55.8 Å². The molecule has 3 rings (SSSR count). The molecule has 3 heteroatoms. The predicted molar refractivity (Wildman–Crippen MR) is 67.9 cm³/mol. The highest BCUT2D eigenvalue weighted by Gasteiger charge is 2.38. The van der Waals surface area contributed by atoms with Crippen LogP contribution in [0.15, 0.2) is 5.38 Å². The zero-order valence-corrected chi connectivity index (χ0v) is 10.8. The zero-order chi connectivity index (χ0) is 11.0. The maximum absolute atomic E-state index is 4.61. The maximum atomic E-state index is 4.61. The van der Waals surface area contributed by atoms with Crippen LogP contribution >= 0.6 is 11.3 Å². The van der Waals surface area contributed by atoms with Crippen LogP contribution in [0.25, 0.3) is 0 Å². The molecular weight excluding hydrogens is 216 g/mol. The Morgan fingerprint density at radius 1 is 1.50 bits per heavy atom. The second-order valence-corrected chi connectivity index (χ2v) is 6.61. The van der Waals surface area contributed by atoms with Gasteiger partial charge in [0.15, 0.2) is 0 Å². The van der Waals surface area contributed by atoms with Gasteiger partial charge in [0, 0.05) is 18.0 Å². The number of hydrogen-bond donors (Lipinski definition) is 1. The van der Waals surface area contributed by atoms with Crippen molar-refractivity contribution < 1.29 is 0 Å². The first-order chi connectivity index (χ1) is 7.76. The summed E-state index contributed by atoms with van der Waals surface area (Å²) < 4.78 is 0. The summed E-state index contributed by atoms with van der Waals surface area (Å²) in [6, 6.07) is 0.842. The second-order valence-electron chi connectivity index (χ2n) is 5.54. The van der Waals surface area contributed by atoms with Crippen molar-refractivity contribution in [1.29, 1.82) is 0 Å². The lowest BCUT2D eigenvalue weighted by Crippen LogP contribution is -2.42. The lowest BCUT2D eigenvalue weighted by Gasteiger charge is -2.42. The van der Waals surface area contributed by atoms with Crippen molar-refractivity contribution >= 4 is 11.3 Å². The minimum atomic E-state index is 0.545. The molecule has 0 amide bonds. The molecule has 0 spiro atoms. The van der Waals surface area contributed by atoms with Gasteiger partial charge in [0.05, 0.1) is 10.7 Å². The van der Waals surface area contributed by atoms with Crippen molar-refractivity contribution in [2.75, 3.05) is 6.54 Å². The standard InChI is InChI=1S/C13H20N2S/c1-10-15-12(8-16-10)7-13(5-2-6-13)9-14-11-3-4-11/h8,11,14H,2-7,9H2,1H3. The van der Waals surface area contributed by atoms with Crippen molar-refractivity contribution in [3.05, 3.63) is 16.1 Å². The van der Waals surface area contributed by atoms with Gasteiger partial charge in [0.1, 0.15) is 0 Å². The highest BCUT2D eigenvalue weighted by atomic mass is 32.1. The average molecular weight is 236 g/mol. The van der Waals surface area contributed by atoms with Crippen LogP contribution in [0.2, 0.25) is 0 Å². The molecule has 0 saturated heterocycles. The van der Waals surface area contributed by atoms with Crippen LogP contribution in [0.1, 0.15) is 42.8 Å². The summed E-state index contributed by atoms with van der Waals surface area (Å²) in [7, 11) is 0. The van der Waals surface area contributed by atoms with Crippen LogP contribution in [-0.4, -0.2) is 17.6 Å². The smallest absolute Gasteiger partial charge is 0.0897 e. The molecule has 0 atom stereocenters. The summed E-state index contributed by atoms with van der Waals surface area (Å²) >= 11 is 1.78. The van der Waals surface area contributed by atoms with Gasteiger partial charge in [0.25, 0.3) is 0 Å². The summed E-state index contributed by atoms with van der Waals surface area (Å²) in [5, 5.41) is 7.15. The minimum Gasteiger partial charge on any atom is -0.313 e. The molecule has 2 fully saturated rings. The van der Waals surface area contributed by atoms with Gasteiger partial charge >= 0.3 is 0 Å². The molecule has 2 aliphatic rings. The SMILES string of the molecule is Cc1nc(CC2(CNC3CC3)CCC2)cs1. The van der Waals surface area contributed by atoms with E-state index in [2.05, 4.69) is 22.6 Å². The first kappa shape index (κ1) is 10.7. The molecule has 2 nitrogen and oxygen atoms in total. The number of nitrogens with one attached hydrogen (secondary N) is 1. The molecule has 16 heavy (non-hydrogen) atoms. The second kappa shape index (κ2) is 4.11. The third-order valence-corrected chi connectivity index (χ3v) is 4.80. The summed E-state index contributed by atoms with van der Waals surface area (Å²) in [4.78, 5) is 4.61. The number of thiazole rings is 1. The molecule has 0 bridgehead atoms. The van der Waals surface area contributed by atoms with Crippen LogP contribution in [0, 0.1) is 12.3 Å². The van der Waals surface area contributed by atoms with Crippen molar-refractivity contribution in [2.45, 2.75) is 51.5 Å². The highest BCUT2D eigenvalue weighted by molar-refractivity contribution is 7.09. The van der Waals surface area contributed by atoms with E-state index in [0.29, 0.717) is 5.41 Å². The topological polar surface area (TPSA) is 24.9 Å². The molecule has 2 saturated carbocycles. The average Bonchev–Trinajstić information content (AvgIpc) is 2.95. The fraction of sp³-hybridized carbons (Fsp3) is 0.769. The van der Waals surface area contributed by atoms with Crippen LogP contribution in [0.4, 0.5) is 0 Å². The molecule has 1 heterocycles. The molecule has 1 aromatic rings. The van der Waals surface area contributed by atoms with Crippen molar-refractivity contribution in [3.63, 3.8) is 0 Å². The number of nitrogens with zero attached hydrogens (tertiary/aromatic N) is 1. The van der Waals surface area contributed by atoms with E-state index < -0.39 is 0 Å². The summed E-state index contributed by atoms with van der Waals surface area (Å²) in [6.07, 6.45) is 8.18. The summed E-state index contributed by atoms with van der Waals surface area (Å²) in [6.45, 7) is 3.32. The van der Waals surface area contributed by atoms with Crippen LogP contribution < -0.4 is 5.32 Å². The lowest BCUT2D eigenvalue weighted by atomic mass is 9.66. The Kier molecular flexibility index (Phi) is 2.76. The van der Waals surface area contributed by atoms with Gasteiger partial charge in [0.2, 0.25) is 0 Å². The first-order valence-electron chi connectivity index (χ1n) is 6.40. The number of rotatable bonds is 5. The van der Waals surface area contributed by atoms with E-state index in [4.69, 9.17) is 0 Å². The Balaban J connectivity index is 1.60. The van der Waals surface area contributed by atoms with Gasteiger partial charge in [-0.3, -0.25) is 0 Å². The third-order valence-electron chi connectivity index (χ3n) is 3.98. The van der Waals surface area contributed by atoms with E-state index in [-0.39, 0.29) is 0 Å². The lowest BCUT2D eigenvalue weighted by molar-refractivity contribution is 0.128. The number of aryl methyl sites for hydroxylation is 1. The quantitative estimate of drug-likeness (QED) is 0.850. The predicted octanol–water partition coefficient (Wildman–Crippen LogP) is 2.92. The van der Waals surface area contributed by atoms with Crippen LogP contribution in [-0.2, 0) is 6.42 Å². The maximum Gasteiger partial charge on any atom is 0.0897 e.